The van der Waals surface area contributed by atoms with Crippen LogP contribution in [0.3, 0.4) is 0 Å². The third-order valence-electron chi connectivity index (χ3n) is 2.62. The van der Waals surface area contributed by atoms with E-state index in [1.54, 1.807) is 12.3 Å². The Bertz CT molecular complexity index is 594. The van der Waals surface area contributed by atoms with Crippen molar-refractivity contribution >= 4 is 11.4 Å². The molecule has 1 heterocycles. The maximum Gasteiger partial charge on any atom is 0.273 e. The number of anilines is 1. The number of rotatable bonds is 5. The zero-order chi connectivity index (χ0) is 13.8. The molecule has 0 radical (unpaired) electrons. The van der Waals surface area contributed by atoms with Gasteiger partial charge < -0.3 is 15.0 Å². The van der Waals surface area contributed by atoms with E-state index in [2.05, 4.69) is 15.3 Å². The summed E-state index contributed by atoms with van der Waals surface area (Å²) in [6.45, 7) is 2.41. The van der Waals surface area contributed by atoms with Crippen LogP contribution in [0.1, 0.15) is 11.5 Å². The molecule has 0 atom stereocenters. The van der Waals surface area contributed by atoms with Gasteiger partial charge in [0.2, 0.25) is 0 Å². The number of aryl methyl sites for hydroxylation is 1. The van der Waals surface area contributed by atoms with Crippen molar-refractivity contribution in [3.8, 4) is 5.75 Å². The van der Waals surface area contributed by atoms with Crippen LogP contribution in [0.25, 0.3) is 0 Å². The van der Waals surface area contributed by atoms with Gasteiger partial charge in [0.05, 0.1) is 42.2 Å². The first-order valence-corrected chi connectivity index (χ1v) is 5.67. The van der Waals surface area contributed by atoms with Crippen LogP contribution in [0.2, 0.25) is 0 Å². The van der Waals surface area contributed by atoms with Gasteiger partial charge in [-0.3, -0.25) is 10.1 Å². The molecule has 100 valence electrons. The highest BCUT2D eigenvalue weighted by Gasteiger charge is 2.11. The fourth-order valence-electron chi connectivity index (χ4n) is 1.69. The standard InChI is InChI=1S/C12H14N4O3/c1-8-13-6-9(15-8)7-14-11-4-3-10(16(17)18)5-12(11)19-2/h3-6,14H,7H2,1-2H3,(H,13,15). The average Bonchev–Trinajstić information content (AvgIpc) is 2.81. The number of methoxy groups -OCH3 is 1. The number of hydrogen-bond acceptors (Lipinski definition) is 5. The van der Waals surface area contributed by atoms with Crippen molar-refractivity contribution in [2.45, 2.75) is 13.5 Å². The molecule has 0 aliphatic heterocycles. The molecule has 0 aliphatic carbocycles. The first-order valence-electron chi connectivity index (χ1n) is 5.67. The zero-order valence-corrected chi connectivity index (χ0v) is 10.6. The predicted octanol–water partition coefficient (Wildman–Crippen LogP) is 2.25. The molecule has 7 heteroatoms. The quantitative estimate of drug-likeness (QED) is 0.636. The number of nitrogens with zero attached hydrogens (tertiary/aromatic N) is 2. The number of non-ortho nitro benzene ring substituents is 1. The monoisotopic (exact) mass is 262 g/mol. The number of benzene rings is 1. The lowest BCUT2D eigenvalue weighted by molar-refractivity contribution is -0.384. The number of imidazole rings is 1. The van der Waals surface area contributed by atoms with Crippen molar-refractivity contribution in [1.82, 2.24) is 9.97 Å². The number of nitrogens with one attached hydrogen (secondary N) is 2. The van der Waals surface area contributed by atoms with E-state index in [4.69, 9.17) is 4.74 Å². The normalized spacial score (nSPS) is 10.2. The van der Waals surface area contributed by atoms with E-state index in [9.17, 15) is 10.1 Å². The largest absolute Gasteiger partial charge is 0.494 e. The number of nitro groups is 1. The molecule has 7 nitrogen and oxygen atoms in total. The number of aromatic amines is 1. The number of H-pyrrole nitrogens is 1. The average molecular weight is 262 g/mol. The van der Waals surface area contributed by atoms with Crippen molar-refractivity contribution < 1.29 is 9.66 Å². The van der Waals surface area contributed by atoms with E-state index in [1.807, 2.05) is 6.92 Å². The van der Waals surface area contributed by atoms with E-state index in [0.29, 0.717) is 18.0 Å². The maximum absolute atomic E-state index is 10.7. The molecule has 0 fully saturated rings. The molecular weight excluding hydrogens is 248 g/mol. The first-order chi connectivity index (χ1) is 9.10. The van der Waals surface area contributed by atoms with Crippen molar-refractivity contribution in [1.29, 1.82) is 0 Å². The Morgan fingerprint density at radius 3 is 2.89 bits per heavy atom. The van der Waals surface area contributed by atoms with Gasteiger partial charge in [0.1, 0.15) is 11.6 Å². The molecule has 0 amide bonds. The van der Waals surface area contributed by atoms with Crippen LogP contribution >= 0.6 is 0 Å². The van der Waals surface area contributed by atoms with E-state index in [0.717, 1.165) is 11.5 Å². The number of ether oxygens (including phenoxy) is 1. The SMILES string of the molecule is COc1cc([N+](=O)[O-])ccc1NCc1cnc(C)[nH]1. The molecule has 0 bridgehead atoms. The highest BCUT2D eigenvalue weighted by atomic mass is 16.6. The third-order valence-corrected chi connectivity index (χ3v) is 2.62. The van der Waals surface area contributed by atoms with Gasteiger partial charge in [-0.25, -0.2) is 4.98 Å². The Hall–Kier alpha value is -2.57. The lowest BCUT2D eigenvalue weighted by atomic mass is 10.2. The summed E-state index contributed by atoms with van der Waals surface area (Å²) < 4.78 is 5.14. The van der Waals surface area contributed by atoms with Crippen LogP contribution in [0.5, 0.6) is 5.75 Å². The molecule has 2 N–H and O–H groups in total. The highest BCUT2D eigenvalue weighted by Crippen LogP contribution is 2.29. The topological polar surface area (TPSA) is 93.1 Å². The predicted molar refractivity (Wildman–Crippen MR) is 70.3 cm³/mol. The van der Waals surface area contributed by atoms with Crippen LogP contribution in [0.4, 0.5) is 11.4 Å². The van der Waals surface area contributed by atoms with Gasteiger partial charge in [-0.05, 0) is 13.0 Å². The molecule has 0 aliphatic rings. The minimum absolute atomic E-state index is 0.000199. The fraction of sp³-hybridized carbons (Fsp3) is 0.250. The smallest absolute Gasteiger partial charge is 0.273 e. The maximum atomic E-state index is 10.7. The van der Waals surface area contributed by atoms with Gasteiger partial charge in [0.15, 0.2) is 0 Å². The first kappa shape index (κ1) is 12.9. The van der Waals surface area contributed by atoms with Crippen molar-refractivity contribution in [2.75, 3.05) is 12.4 Å². The highest BCUT2D eigenvalue weighted by molar-refractivity contribution is 5.60. The Labute approximate surface area is 109 Å². The molecule has 0 saturated carbocycles. The summed E-state index contributed by atoms with van der Waals surface area (Å²) in [6, 6.07) is 4.45. The Morgan fingerprint density at radius 1 is 1.53 bits per heavy atom. The number of hydrogen-bond donors (Lipinski definition) is 2. The molecule has 19 heavy (non-hydrogen) atoms. The molecule has 2 rings (SSSR count). The lowest BCUT2D eigenvalue weighted by Gasteiger charge is -2.09. The van der Waals surface area contributed by atoms with Crippen LogP contribution in [-0.2, 0) is 6.54 Å². The Balaban J connectivity index is 2.13. The van der Waals surface area contributed by atoms with Gasteiger partial charge >= 0.3 is 0 Å². The van der Waals surface area contributed by atoms with Crippen LogP contribution in [-0.4, -0.2) is 22.0 Å². The van der Waals surface area contributed by atoms with Gasteiger partial charge in [-0.2, -0.15) is 0 Å². The summed E-state index contributed by atoms with van der Waals surface area (Å²) in [4.78, 5) is 17.4. The van der Waals surface area contributed by atoms with Gasteiger partial charge in [0, 0.05) is 6.07 Å². The Kier molecular flexibility index (Phi) is 3.65. The summed E-state index contributed by atoms with van der Waals surface area (Å²) >= 11 is 0. The summed E-state index contributed by atoms with van der Waals surface area (Å²) in [5.41, 5.74) is 1.62. The minimum Gasteiger partial charge on any atom is -0.494 e. The second kappa shape index (κ2) is 5.38. The molecule has 0 saturated heterocycles. The molecule has 2 aromatic rings. The second-order valence-electron chi connectivity index (χ2n) is 3.99. The van der Waals surface area contributed by atoms with E-state index in [1.165, 1.54) is 19.2 Å². The summed E-state index contributed by atoms with van der Waals surface area (Å²) in [7, 11) is 1.48. The van der Waals surface area contributed by atoms with Crippen LogP contribution < -0.4 is 10.1 Å². The van der Waals surface area contributed by atoms with E-state index < -0.39 is 4.92 Å². The summed E-state index contributed by atoms with van der Waals surface area (Å²) in [5.74, 6) is 1.28. The van der Waals surface area contributed by atoms with Crippen LogP contribution in [0, 0.1) is 17.0 Å². The fourth-order valence-corrected chi connectivity index (χ4v) is 1.69. The second-order valence-corrected chi connectivity index (χ2v) is 3.99. The lowest BCUT2D eigenvalue weighted by Crippen LogP contribution is -2.02. The molecule has 0 spiro atoms. The number of aromatic nitrogens is 2. The van der Waals surface area contributed by atoms with Gasteiger partial charge in [0.25, 0.3) is 5.69 Å². The third kappa shape index (κ3) is 3.01. The van der Waals surface area contributed by atoms with Gasteiger partial charge in [-0.1, -0.05) is 0 Å². The van der Waals surface area contributed by atoms with Crippen molar-refractivity contribution in [2.24, 2.45) is 0 Å². The zero-order valence-electron chi connectivity index (χ0n) is 10.6. The van der Waals surface area contributed by atoms with E-state index in [-0.39, 0.29) is 5.69 Å². The molecular formula is C12H14N4O3. The van der Waals surface area contributed by atoms with Gasteiger partial charge in [-0.15, -0.1) is 0 Å². The Morgan fingerprint density at radius 2 is 2.32 bits per heavy atom. The minimum atomic E-state index is -0.454. The van der Waals surface area contributed by atoms with Crippen molar-refractivity contribution in [3.63, 3.8) is 0 Å². The van der Waals surface area contributed by atoms with Crippen molar-refractivity contribution in [3.05, 3.63) is 46.0 Å². The molecule has 1 aromatic heterocycles. The van der Waals surface area contributed by atoms with Crippen LogP contribution in [0.15, 0.2) is 24.4 Å². The molecule has 1 aromatic carbocycles. The van der Waals surface area contributed by atoms with E-state index >= 15 is 0 Å². The number of nitro benzene ring substituents is 1. The summed E-state index contributed by atoms with van der Waals surface area (Å²) in [5, 5.41) is 13.8. The molecule has 0 unspecified atom stereocenters. The summed E-state index contributed by atoms with van der Waals surface area (Å²) in [6.07, 6.45) is 1.74.